The fraction of sp³-hybridized carbons (Fsp3) is 0.476. The molecule has 1 fully saturated rings. The zero-order chi connectivity index (χ0) is 24.7. The smallest absolute Gasteiger partial charge is 0.409 e. The number of ether oxygens (including phenoxy) is 2. The number of fused-ring (bicyclic) bond motifs is 1. The summed E-state index contributed by atoms with van der Waals surface area (Å²) in [6, 6.07) is 5.20. The lowest BCUT2D eigenvalue weighted by molar-refractivity contribution is -0.141. The van der Waals surface area contributed by atoms with Gasteiger partial charge in [-0.2, -0.15) is 4.99 Å². The molecule has 0 atom stereocenters. The molecule has 0 radical (unpaired) electrons. The molecule has 1 aliphatic rings. The molecule has 1 aromatic carbocycles. The summed E-state index contributed by atoms with van der Waals surface area (Å²) in [7, 11) is 1.29. The molecule has 2 heterocycles. The number of thiazole rings is 1. The molecular formula is C21H25ClN4O6S2. The Bertz CT molecular complexity index is 1140. The Morgan fingerprint density at radius 3 is 2.50 bits per heavy atom. The van der Waals surface area contributed by atoms with Crippen molar-refractivity contribution in [3.05, 3.63) is 28.0 Å². The number of piperazine rings is 1. The molecule has 3 rings (SSSR count). The lowest BCUT2D eigenvalue weighted by atomic mass is 10.3. The molecule has 1 aliphatic heterocycles. The largest absolute Gasteiger partial charge is 0.468 e. The van der Waals surface area contributed by atoms with Crippen molar-refractivity contribution in [1.29, 1.82) is 0 Å². The maximum Gasteiger partial charge on any atom is 0.409 e. The number of hydrogen-bond donors (Lipinski definition) is 0. The second-order valence-electron chi connectivity index (χ2n) is 7.22. The van der Waals surface area contributed by atoms with E-state index in [9.17, 15) is 19.2 Å². The van der Waals surface area contributed by atoms with Crippen LogP contribution < -0.4 is 4.80 Å². The Labute approximate surface area is 209 Å². The highest BCUT2D eigenvalue weighted by Gasteiger charge is 2.24. The van der Waals surface area contributed by atoms with Gasteiger partial charge in [0.05, 0.1) is 35.4 Å². The Morgan fingerprint density at radius 2 is 1.82 bits per heavy atom. The molecule has 13 heteroatoms. The van der Waals surface area contributed by atoms with E-state index in [-0.39, 0.29) is 30.1 Å². The number of thioether (sulfide) groups is 1. The number of carbonyl (C=O) groups excluding carboxylic acids is 4. The van der Waals surface area contributed by atoms with Crippen LogP contribution in [0.15, 0.2) is 23.2 Å². The molecule has 0 spiro atoms. The molecule has 184 valence electrons. The maximum absolute atomic E-state index is 12.5. The first-order valence-electron chi connectivity index (χ1n) is 10.5. The van der Waals surface area contributed by atoms with Crippen molar-refractivity contribution in [3.63, 3.8) is 0 Å². The fourth-order valence-corrected chi connectivity index (χ4v) is 5.31. The van der Waals surface area contributed by atoms with Crippen LogP contribution in [-0.4, -0.2) is 89.6 Å². The highest BCUT2D eigenvalue weighted by Crippen LogP contribution is 2.22. The van der Waals surface area contributed by atoms with Crippen molar-refractivity contribution in [2.75, 3.05) is 51.4 Å². The van der Waals surface area contributed by atoms with Gasteiger partial charge in [0.2, 0.25) is 5.91 Å². The van der Waals surface area contributed by atoms with Gasteiger partial charge in [0, 0.05) is 31.2 Å². The van der Waals surface area contributed by atoms with Crippen molar-refractivity contribution in [2.45, 2.75) is 13.5 Å². The number of rotatable bonds is 7. The Kier molecular flexibility index (Phi) is 9.36. The summed E-state index contributed by atoms with van der Waals surface area (Å²) in [5.74, 6) is -0.835. The summed E-state index contributed by atoms with van der Waals surface area (Å²) in [6.07, 6.45) is -0.371. The van der Waals surface area contributed by atoms with E-state index in [1.807, 2.05) is 0 Å². The standard InChI is InChI=1S/C21H25ClN4O6S2/c1-3-32-21(30)25-8-6-24(7-9-25)18(28)13-33-12-17(27)23-20-26(11-19(29)31-2)15-5-4-14(22)10-16(15)34-20/h4-5,10H,3,6-9,11-13H2,1-2H3. The predicted octanol–water partition coefficient (Wildman–Crippen LogP) is 1.99. The second kappa shape index (κ2) is 12.2. The highest BCUT2D eigenvalue weighted by molar-refractivity contribution is 8.00. The summed E-state index contributed by atoms with van der Waals surface area (Å²) < 4.78 is 12.1. The first-order valence-corrected chi connectivity index (χ1v) is 12.9. The molecular weight excluding hydrogens is 504 g/mol. The van der Waals surface area contributed by atoms with E-state index in [0.717, 1.165) is 10.2 Å². The molecule has 2 aromatic rings. The minimum Gasteiger partial charge on any atom is -0.468 e. The minimum absolute atomic E-state index is 0.0156. The third-order valence-electron chi connectivity index (χ3n) is 4.99. The topological polar surface area (TPSA) is 111 Å². The van der Waals surface area contributed by atoms with Crippen LogP contribution in [-0.2, 0) is 30.4 Å². The number of nitrogens with zero attached hydrogens (tertiary/aromatic N) is 4. The van der Waals surface area contributed by atoms with E-state index in [1.165, 1.54) is 30.2 Å². The summed E-state index contributed by atoms with van der Waals surface area (Å²) in [5.41, 5.74) is 0.719. The molecule has 0 bridgehead atoms. The van der Waals surface area contributed by atoms with Crippen LogP contribution in [0.3, 0.4) is 0 Å². The average Bonchev–Trinajstić information content (AvgIpc) is 3.14. The van der Waals surface area contributed by atoms with Gasteiger partial charge in [-0.3, -0.25) is 14.4 Å². The van der Waals surface area contributed by atoms with Crippen LogP contribution in [0.2, 0.25) is 5.02 Å². The molecule has 3 amide bonds. The van der Waals surface area contributed by atoms with Crippen molar-refractivity contribution in [1.82, 2.24) is 14.4 Å². The van der Waals surface area contributed by atoms with Gasteiger partial charge in [0.1, 0.15) is 6.54 Å². The SMILES string of the molecule is CCOC(=O)N1CCN(C(=O)CSCC(=O)N=c2sc3cc(Cl)ccc3n2CC(=O)OC)CC1. The van der Waals surface area contributed by atoms with Gasteiger partial charge in [0.15, 0.2) is 4.80 Å². The Hall–Kier alpha value is -2.57. The van der Waals surface area contributed by atoms with Crippen molar-refractivity contribution >= 4 is 68.8 Å². The monoisotopic (exact) mass is 528 g/mol. The second-order valence-corrected chi connectivity index (χ2v) is 9.66. The molecule has 0 unspecified atom stereocenters. The van der Waals surface area contributed by atoms with Gasteiger partial charge in [-0.25, -0.2) is 4.79 Å². The Morgan fingerprint density at radius 1 is 1.12 bits per heavy atom. The molecule has 34 heavy (non-hydrogen) atoms. The predicted molar refractivity (Wildman–Crippen MR) is 130 cm³/mol. The van der Waals surface area contributed by atoms with Gasteiger partial charge in [-0.1, -0.05) is 22.9 Å². The van der Waals surface area contributed by atoms with Crippen molar-refractivity contribution in [3.8, 4) is 0 Å². The number of hydrogen-bond acceptors (Lipinski definition) is 8. The first-order chi connectivity index (χ1) is 16.3. The van der Waals surface area contributed by atoms with Crippen molar-refractivity contribution in [2.24, 2.45) is 4.99 Å². The maximum atomic E-state index is 12.5. The molecule has 1 saturated heterocycles. The van der Waals surface area contributed by atoms with Gasteiger partial charge in [-0.15, -0.1) is 11.8 Å². The van der Waals surface area contributed by atoms with E-state index < -0.39 is 11.9 Å². The Balaban J connectivity index is 1.58. The van der Waals surface area contributed by atoms with E-state index in [2.05, 4.69) is 4.99 Å². The summed E-state index contributed by atoms with van der Waals surface area (Å²) >= 11 is 8.48. The molecule has 0 saturated carbocycles. The quantitative estimate of drug-likeness (QED) is 0.505. The van der Waals surface area contributed by atoms with Crippen LogP contribution >= 0.6 is 34.7 Å². The first kappa shape index (κ1) is 26.0. The fourth-order valence-electron chi connectivity index (χ4n) is 3.29. The van der Waals surface area contributed by atoms with Crippen LogP contribution in [0.1, 0.15) is 6.92 Å². The lowest BCUT2D eigenvalue weighted by Crippen LogP contribution is -2.51. The van der Waals surface area contributed by atoms with Gasteiger partial charge in [-0.05, 0) is 25.1 Å². The third-order valence-corrected chi connectivity index (χ3v) is 7.17. The average molecular weight is 529 g/mol. The highest BCUT2D eigenvalue weighted by atomic mass is 35.5. The summed E-state index contributed by atoms with van der Waals surface area (Å²) in [4.78, 5) is 56.3. The van der Waals surface area contributed by atoms with E-state index in [1.54, 1.807) is 39.5 Å². The van der Waals surface area contributed by atoms with E-state index >= 15 is 0 Å². The number of aromatic nitrogens is 1. The number of halogens is 1. The number of benzene rings is 1. The molecule has 0 aliphatic carbocycles. The lowest BCUT2D eigenvalue weighted by Gasteiger charge is -2.34. The summed E-state index contributed by atoms with van der Waals surface area (Å²) in [6.45, 7) is 3.65. The molecule has 1 aromatic heterocycles. The van der Waals surface area contributed by atoms with Crippen LogP contribution in [0.25, 0.3) is 10.2 Å². The van der Waals surface area contributed by atoms with Crippen LogP contribution in [0.5, 0.6) is 0 Å². The number of carbonyl (C=O) groups is 4. The van der Waals surface area contributed by atoms with Crippen molar-refractivity contribution < 1.29 is 28.7 Å². The number of methoxy groups -OCH3 is 1. The third kappa shape index (κ3) is 6.73. The van der Waals surface area contributed by atoms with Gasteiger partial charge >= 0.3 is 12.1 Å². The zero-order valence-corrected chi connectivity index (χ0v) is 21.2. The van der Waals surface area contributed by atoms with Crippen LogP contribution in [0.4, 0.5) is 4.79 Å². The van der Waals surface area contributed by atoms with Gasteiger partial charge < -0.3 is 23.8 Å². The molecule has 0 N–H and O–H groups in total. The number of amides is 3. The van der Waals surface area contributed by atoms with E-state index in [4.69, 9.17) is 21.1 Å². The zero-order valence-electron chi connectivity index (χ0n) is 18.8. The number of esters is 1. The molecule has 10 nitrogen and oxygen atoms in total. The van der Waals surface area contributed by atoms with Crippen LogP contribution in [0, 0.1) is 0 Å². The minimum atomic E-state index is -0.466. The van der Waals surface area contributed by atoms with E-state index in [0.29, 0.717) is 42.6 Å². The summed E-state index contributed by atoms with van der Waals surface area (Å²) in [5, 5.41) is 0.536. The van der Waals surface area contributed by atoms with Gasteiger partial charge in [0.25, 0.3) is 5.91 Å². The normalized spacial score (nSPS) is 14.4.